The molecular formula is C32H45N5O4. The van der Waals surface area contributed by atoms with Crippen molar-refractivity contribution < 1.29 is 14.3 Å². The smallest absolute Gasteiger partial charge is 0.269 e. The van der Waals surface area contributed by atoms with Crippen LogP contribution in [-0.2, 0) is 11.3 Å². The van der Waals surface area contributed by atoms with Gasteiger partial charge < -0.3 is 29.7 Å². The summed E-state index contributed by atoms with van der Waals surface area (Å²) in [4.78, 5) is 30.6. The van der Waals surface area contributed by atoms with Crippen LogP contribution in [0.15, 0.2) is 41.2 Å². The van der Waals surface area contributed by atoms with E-state index < -0.39 is 0 Å². The highest BCUT2D eigenvalue weighted by atomic mass is 16.5. The van der Waals surface area contributed by atoms with E-state index in [1.807, 2.05) is 44.2 Å². The van der Waals surface area contributed by atoms with E-state index in [9.17, 15) is 9.59 Å². The van der Waals surface area contributed by atoms with Crippen molar-refractivity contribution in [3.05, 3.63) is 69.1 Å². The Hall–Kier alpha value is -3.56. The summed E-state index contributed by atoms with van der Waals surface area (Å²) in [6, 6.07) is 13.2. The third kappa shape index (κ3) is 7.21. The molecule has 222 valence electrons. The number of H-pyrrole nitrogens is 2. The first kappa shape index (κ1) is 30.4. The average molecular weight is 564 g/mol. The minimum absolute atomic E-state index is 0.155. The van der Waals surface area contributed by atoms with Gasteiger partial charge in [0.2, 0.25) is 0 Å². The fraction of sp³-hybridized carbons (Fsp3) is 0.500. The molecule has 1 aliphatic carbocycles. The zero-order valence-corrected chi connectivity index (χ0v) is 25.3. The Balaban J connectivity index is 1.67. The molecule has 1 aromatic heterocycles. The third-order valence-electron chi connectivity index (χ3n) is 8.37. The van der Waals surface area contributed by atoms with E-state index in [0.29, 0.717) is 36.4 Å². The zero-order valence-electron chi connectivity index (χ0n) is 25.3. The lowest BCUT2D eigenvalue weighted by Gasteiger charge is -2.40. The second-order valence-corrected chi connectivity index (χ2v) is 11.1. The number of benzene rings is 2. The van der Waals surface area contributed by atoms with E-state index in [4.69, 9.17) is 9.47 Å². The molecule has 3 aromatic rings. The van der Waals surface area contributed by atoms with Crippen molar-refractivity contribution in [3.8, 4) is 16.9 Å². The number of aryl methyl sites for hydroxylation is 1. The van der Waals surface area contributed by atoms with Gasteiger partial charge >= 0.3 is 0 Å². The number of amides is 1. The second kappa shape index (κ2) is 13.9. The van der Waals surface area contributed by atoms with Crippen LogP contribution < -0.4 is 20.5 Å². The molecule has 1 fully saturated rings. The number of aromatic amines is 2. The molecule has 4 rings (SSSR count). The van der Waals surface area contributed by atoms with Gasteiger partial charge in [0, 0.05) is 42.7 Å². The molecule has 0 unspecified atom stereocenters. The number of hydrogen-bond donors (Lipinski definition) is 3. The number of nitrogens with one attached hydrogen (secondary N) is 3. The van der Waals surface area contributed by atoms with Crippen molar-refractivity contribution in [2.45, 2.75) is 65.1 Å². The molecule has 9 heteroatoms. The molecule has 1 heterocycles. The van der Waals surface area contributed by atoms with E-state index >= 15 is 0 Å². The number of nitrogens with zero attached hydrogens (tertiary/aromatic N) is 2. The molecule has 0 aliphatic heterocycles. The number of methoxy groups -OCH3 is 1. The molecule has 0 saturated heterocycles. The lowest BCUT2D eigenvalue weighted by molar-refractivity contribution is 0.0950. The van der Waals surface area contributed by atoms with E-state index in [-0.39, 0.29) is 18.0 Å². The molecule has 1 amide bonds. The van der Waals surface area contributed by atoms with Crippen LogP contribution in [-0.4, -0.2) is 74.1 Å². The quantitative estimate of drug-likeness (QED) is 0.278. The molecule has 0 radical (unpaired) electrons. The summed E-state index contributed by atoms with van der Waals surface area (Å²) in [5.41, 5.74) is 5.65. The van der Waals surface area contributed by atoms with E-state index in [0.717, 1.165) is 66.0 Å². The molecule has 0 spiro atoms. The number of aromatic nitrogens is 2. The van der Waals surface area contributed by atoms with Gasteiger partial charge in [-0.1, -0.05) is 12.1 Å². The fourth-order valence-electron chi connectivity index (χ4n) is 5.85. The topological polar surface area (TPSA) is 103 Å². The van der Waals surface area contributed by atoms with Gasteiger partial charge in [0.1, 0.15) is 12.4 Å². The first-order valence-electron chi connectivity index (χ1n) is 14.6. The van der Waals surface area contributed by atoms with E-state index in [2.05, 4.69) is 52.4 Å². The lowest BCUT2D eigenvalue weighted by atomic mass is 9.88. The maximum atomic E-state index is 13.6. The van der Waals surface area contributed by atoms with Gasteiger partial charge in [0.25, 0.3) is 11.5 Å². The normalized spacial score (nSPS) is 17.0. The minimum Gasteiger partial charge on any atom is -0.491 e. The van der Waals surface area contributed by atoms with Gasteiger partial charge in [-0.05, 0) is 102 Å². The molecule has 0 bridgehead atoms. The predicted octanol–water partition coefficient (Wildman–Crippen LogP) is 4.64. The van der Waals surface area contributed by atoms with Crippen LogP contribution in [0.25, 0.3) is 11.1 Å². The molecule has 1 aliphatic rings. The van der Waals surface area contributed by atoms with E-state index in [1.165, 1.54) is 0 Å². The Morgan fingerprint density at radius 2 is 1.66 bits per heavy atom. The average Bonchev–Trinajstić information content (AvgIpc) is 3.30. The lowest BCUT2D eigenvalue weighted by Crippen LogP contribution is -2.42. The van der Waals surface area contributed by atoms with Gasteiger partial charge in [-0.2, -0.15) is 0 Å². The molecule has 9 nitrogen and oxygen atoms in total. The molecule has 2 aromatic carbocycles. The minimum atomic E-state index is -0.216. The summed E-state index contributed by atoms with van der Waals surface area (Å²) in [6.45, 7) is 8.06. The number of ether oxygens (including phenoxy) is 2. The molecule has 1 saturated carbocycles. The van der Waals surface area contributed by atoms with Crippen LogP contribution in [0.4, 0.5) is 5.69 Å². The number of anilines is 1. The summed E-state index contributed by atoms with van der Waals surface area (Å²) < 4.78 is 10.8. The Morgan fingerprint density at radius 3 is 2.24 bits per heavy atom. The van der Waals surface area contributed by atoms with Crippen LogP contribution in [0.3, 0.4) is 0 Å². The predicted molar refractivity (Wildman–Crippen MR) is 164 cm³/mol. The van der Waals surface area contributed by atoms with Gasteiger partial charge in [0.05, 0.1) is 18.7 Å². The Bertz CT molecular complexity index is 1350. The summed E-state index contributed by atoms with van der Waals surface area (Å²) in [5.74, 6) is 0.577. The van der Waals surface area contributed by atoms with Crippen molar-refractivity contribution in [2.24, 2.45) is 0 Å². The zero-order chi connectivity index (χ0) is 29.5. The van der Waals surface area contributed by atoms with Gasteiger partial charge in [-0.15, -0.1) is 0 Å². The van der Waals surface area contributed by atoms with E-state index in [1.54, 1.807) is 7.11 Å². The summed E-state index contributed by atoms with van der Waals surface area (Å²) in [7, 11) is 5.98. The third-order valence-corrected chi connectivity index (χ3v) is 8.37. The SMILES string of the molecule is CCN(c1cc(-c2ccc(OCCOC)cc2)cc(C(=O)NCc2c(C)[nH][nH]c2=O)c1C)C1CCC(N(C)C)CC1. The number of carbonyl (C=O) groups is 1. The van der Waals surface area contributed by atoms with Crippen LogP contribution in [0.5, 0.6) is 5.75 Å². The first-order valence-corrected chi connectivity index (χ1v) is 14.6. The van der Waals surface area contributed by atoms with Gasteiger partial charge in [-0.25, -0.2) is 0 Å². The first-order chi connectivity index (χ1) is 19.7. The molecule has 3 N–H and O–H groups in total. The van der Waals surface area contributed by atoms with Crippen molar-refractivity contribution >= 4 is 11.6 Å². The summed E-state index contributed by atoms with van der Waals surface area (Å²) >= 11 is 0. The molecule has 0 atom stereocenters. The van der Waals surface area contributed by atoms with Crippen molar-refractivity contribution in [1.82, 2.24) is 20.4 Å². The number of rotatable bonds is 12. The highest BCUT2D eigenvalue weighted by Crippen LogP contribution is 2.36. The highest BCUT2D eigenvalue weighted by molar-refractivity contribution is 5.99. The summed E-state index contributed by atoms with van der Waals surface area (Å²) in [6.07, 6.45) is 4.56. The monoisotopic (exact) mass is 563 g/mol. The largest absolute Gasteiger partial charge is 0.491 e. The van der Waals surface area contributed by atoms with Crippen molar-refractivity contribution in [1.29, 1.82) is 0 Å². The van der Waals surface area contributed by atoms with Crippen molar-refractivity contribution in [2.75, 3.05) is 45.9 Å². The summed E-state index contributed by atoms with van der Waals surface area (Å²) in [5, 5.41) is 8.39. The maximum absolute atomic E-state index is 13.6. The van der Waals surface area contributed by atoms with Gasteiger partial charge in [0.15, 0.2) is 0 Å². The Kier molecular flexibility index (Phi) is 10.3. The fourth-order valence-corrected chi connectivity index (χ4v) is 5.85. The number of hydrogen-bond acceptors (Lipinski definition) is 6. The van der Waals surface area contributed by atoms with Crippen molar-refractivity contribution in [3.63, 3.8) is 0 Å². The molecular weight excluding hydrogens is 518 g/mol. The Morgan fingerprint density at radius 1 is 0.976 bits per heavy atom. The van der Waals surface area contributed by atoms with Crippen LogP contribution >= 0.6 is 0 Å². The van der Waals surface area contributed by atoms with Crippen LogP contribution in [0.2, 0.25) is 0 Å². The van der Waals surface area contributed by atoms with Gasteiger partial charge in [-0.3, -0.25) is 14.7 Å². The highest BCUT2D eigenvalue weighted by Gasteiger charge is 2.28. The number of carbonyl (C=O) groups excluding carboxylic acids is 1. The standard InChI is InChI=1S/C32H45N5O4/c1-7-37(26-12-10-25(11-13-26)36(4)5)30-19-24(23-8-14-27(15-9-23)41-17-16-40-6)18-28(21(30)2)31(38)33-20-29-22(3)34-35-32(29)39/h8-9,14-15,18-19,25-26H,7,10-13,16-17,20H2,1-6H3,(H,33,38)(H2,34,35,39). The van der Waals surface area contributed by atoms with Crippen LogP contribution in [0.1, 0.15) is 59.8 Å². The Labute approximate surface area is 243 Å². The molecule has 41 heavy (non-hydrogen) atoms. The van der Waals surface area contributed by atoms with Crippen LogP contribution in [0, 0.1) is 13.8 Å². The maximum Gasteiger partial charge on any atom is 0.269 e. The second-order valence-electron chi connectivity index (χ2n) is 11.1.